The Balaban J connectivity index is 3.33. The zero-order chi connectivity index (χ0) is 7.28. The van der Waals surface area contributed by atoms with E-state index in [1.54, 1.807) is 0 Å². The first-order chi connectivity index (χ1) is 4.20. The van der Waals surface area contributed by atoms with Crippen molar-refractivity contribution in [2.45, 2.75) is 32.7 Å². The van der Waals surface area contributed by atoms with Gasteiger partial charge < -0.3 is 5.73 Å². The van der Waals surface area contributed by atoms with E-state index in [0.717, 1.165) is 12.3 Å². The van der Waals surface area contributed by atoms with Gasteiger partial charge in [-0.25, -0.2) is 0 Å². The summed E-state index contributed by atoms with van der Waals surface area (Å²) in [7, 11) is 0. The van der Waals surface area contributed by atoms with Crippen LogP contribution in [0.1, 0.15) is 26.7 Å². The Labute approximate surface area is 57.9 Å². The standard InChI is InChI=1S/C8H17N/c1-4-7(3)6-8(9)5-2/h5,7-8H,2,4,6,9H2,1,3H3. The van der Waals surface area contributed by atoms with E-state index in [0.29, 0.717) is 0 Å². The van der Waals surface area contributed by atoms with E-state index in [2.05, 4.69) is 20.4 Å². The normalized spacial score (nSPS) is 16.8. The molecule has 1 nitrogen and oxygen atoms in total. The molecule has 0 radical (unpaired) electrons. The monoisotopic (exact) mass is 127 g/mol. The minimum absolute atomic E-state index is 0.194. The highest BCUT2D eigenvalue weighted by atomic mass is 14.6. The van der Waals surface area contributed by atoms with Crippen molar-refractivity contribution in [2.24, 2.45) is 11.7 Å². The minimum Gasteiger partial charge on any atom is -0.324 e. The van der Waals surface area contributed by atoms with Crippen LogP contribution < -0.4 is 5.73 Å². The summed E-state index contributed by atoms with van der Waals surface area (Å²) in [5.41, 5.74) is 5.63. The van der Waals surface area contributed by atoms with Crippen molar-refractivity contribution in [1.82, 2.24) is 0 Å². The van der Waals surface area contributed by atoms with E-state index in [-0.39, 0.29) is 6.04 Å². The first kappa shape index (κ1) is 8.70. The summed E-state index contributed by atoms with van der Waals surface area (Å²) in [5.74, 6) is 0.734. The second-order valence-corrected chi connectivity index (χ2v) is 2.65. The molecule has 54 valence electrons. The quantitative estimate of drug-likeness (QED) is 0.574. The Morgan fingerprint density at radius 2 is 2.22 bits per heavy atom. The zero-order valence-corrected chi connectivity index (χ0v) is 6.43. The van der Waals surface area contributed by atoms with Crippen LogP contribution in [-0.4, -0.2) is 6.04 Å². The van der Waals surface area contributed by atoms with Gasteiger partial charge in [0.1, 0.15) is 0 Å². The van der Waals surface area contributed by atoms with Crippen molar-refractivity contribution in [2.75, 3.05) is 0 Å². The lowest BCUT2D eigenvalue weighted by Crippen LogP contribution is -2.19. The maximum Gasteiger partial charge on any atom is 0.0223 e. The summed E-state index contributed by atoms with van der Waals surface area (Å²) in [4.78, 5) is 0. The van der Waals surface area contributed by atoms with Crippen LogP contribution >= 0.6 is 0 Å². The van der Waals surface area contributed by atoms with Gasteiger partial charge in [-0.15, -0.1) is 6.58 Å². The van der Waals surface area contributed by atoms with E-state index in [9.17, 15) is 0 Å². The predicted octanol–water partition coefficient (Wildman–Crippen LogP) is 1.94. The molecule has 0 aliphatic heterocycles. The van der Waals surface area contributed by atoms with Crippen LogP contribution in [0.5, 0.6) is 0 Å². The van der Waals surface area contributed by atoms with E-state index in [1.165, 1.54) is 6.42 Å². The summed E-state index contributed by atoms with van der Waals surface area (Å²) in [5, 5.41) is 0. The highest BCUT2D eigenvalue weighted by Gasteiger charge is 2.02. The van der Waals surface area contributed by atoms with E-state index < -0.39 is 0 Å². The molecule has 0 spiro atoms. The van der Waals surface area contributed by atoms with Crippen molar-refractivity contribution in [3.8, 4) is 0 Å². The van der Waals surface area contributed by atoms with Gasteiger partial charge in [0.15, 0.2) is 0 Å². The van der Waals surface area contributed by atoms with Gasteiger partial charge in [-0.1, -0.05) is 26.3 Å². The van der Waals surface area contributed by atoms with Crippen molar-refractivity contribution < 1.29 is 0 Å². The van der Waals surface area contributed by atoms with Crippen LogP contribution in [0.15, 0.2) is 12.7 Å². The molecule has 0 saturated carbocycles. The zero-order valence-electron chi connectivity index (χ0n) is 6.43. The Hall–Kier alpha value is -0.300. The molecule has 0 heterocycles. The van der Waals surface area contributed by atoms with Crippen LogP contribution in [0.4, 0.5) is 0 Å². The Bertz CT molecular complexity index is 78.6. The molecule has 1 heteroatoms. The molecule has 0 fully saturated rings. The summed E-state index contributed by atoms with van der Waals surface area (Å²) >= 11 is 0. The molecule has 0 aliphatic rings. The largest absolute Gasteiger partial charge is 0.324 e. The van der Waals surface area contributed by atoms with Crippen LogP contribution in [-0.2, 0) is 0 Å². The lowest BCUT2D eigenvalue weighted by Gasteiger charge is -2.10. The highest BCUT2D eigenvalue weighted by molar-refractivity contribution is 4.82. The van der Waals surface area contributed by atoms with Gasteiger partial charge in [0.2, 0.25) is 0 Å². The average molecular weight is 127 g/mol. The molecule has 2 N–H and O–H groups in total. The van der Waals surface area contributed by atoms with Gasteiger partial charge in [-0.3, -0.25) is 0 Å². The van der Waals surface area contributed by atoms with Crippen LogP contribution in [0.2, 0.25) is 0 Å². The predicted molar refractivity (Wildman–Crippen MR) is 42.2 cm³/mol. The SMILES string of the molecule is C=CC(N)CC(C)CC. The minimum atomic E-state index is 0.194. The molecule has 2 atom stereocenters. The van der Waals surface area contributed by atoms with Gasteiger partial charge >= 0.3 is 0 Å². The Kier molecular flexibility index (Phi) is 4.41. The van der Waals surface area contributed by atoms with Crippen molar-refractivity contribution in [1.29, 1.82) is 0 Å². The van der Waals surface area contributed by atoms with E-state index in [4.69, 9.17) is 5.73 Å². The van der Waals surface area contributed by atoms with Crippen LogP contribution in [0.3, 0.4) is 0 Å². The molecular weight excluding hydrogens is 110 g/mol. The first-order valence-corrected chi connectivity index (χ1v) is 3.58. The van der Waals surface area contributed by atoms with E-state index >= 15 is 0 Å². The molecule has 0 aromatic carbocycles. The highest BCUT2D eigenvalue weighted by Crippen LogP contribution is 2.08. The maximum atomic E-state index is 5.63. The molecule has 9 heavy (non-hydrogen) atoms. The van der Waals surface area contributed by atoms with Gasteiger partial charge in [-0.05, 0) is 12.3 Å². The lowest BCUT2D eigenvalue weighted by molar-refractivity contribution is 0.489. The fraction of sp³-hybridized carbons (Fsp3) is 0.750. The van der Waals surface area contributed by atoms with Crippen LogP contribution in [0.25, 0.3) is 0 Å². The number of hydrogen-bond donors (Lipinski definition) is 1. The number of hydrogen-bond acceptors (Lipinski definition) is 1. The lowest BCUT2D eigenvalue weighted by atomic mass is 10.0. The molecule has 0 bridgehead atoms. The first-order valence-electron chi connectivity index (χ1n) is 3.58. The third-order valence-electron chi connectivity index (χ3n) is 1.67. The Morgan fingerprint density at radius 3 is 2.56 bits per heavy atom. The smallest absolute Gasteiger partial charge is 0.0223 e. The third kappa shape index (κ3) is 4.22. The van der Waals surface area contributed by atoms with Gasteiger partial charge in [0.05, 0.1) is 0 Å². The summed E-state index contributed by atoms with van der Waals surface area (Å²) in [6.07, 6.45) is 4.09. The van der Waals surface area contributed by atoms with Crippen LogP contribution in [0, 0.1) is 5.92 Å². The molecule has 0 aliphatic carbocycles. The molecule has 2 unspecified atom stereocenters. The molecule has 0 aromatic rings. The van der Waals surface area contributed by atoms with E-state index in [1.807, 2.05) is 6.08 Å². The number of nitrogens with two attached hydrogens (primary N) is 1. The molecule has 0 aromatic heterocycles. The van der Waals surface area contributed by atoms with Gasteiger partial charge in [0.25, 0.3) is 0 Å². The van der Waals surface area contributed by atoms with Crippen molar-refractivity contribution in [3.63, 3.8) is 0 Å². The fourth-order valence-electron chi connectivity index (χ4n) is 0.728. The third-order valence-corrected chi connectivity index (χ3v) is 1.67. The molecule has 0 saturated heterocycles. The van der Waals surface area contributed by atoms with Crippen molar-refractivity contribution >= 4 is 0 Å². The Morgan fingerprint density at radius 1 is 1.67 bits per heavy atom. The van der Waals surface area contributed by atoms with Crippen molar-refractivity contribution in [3.05, 3.63) is 12.7 Å². The molecule has 0 rings (SSSR count). The topological polar surface area (TPSA) is 26.0 Å². The summed E-state index contributed by atoms with van der Waals surface area (Å²) in [6, 6.07) is 0.194. The molecule has 0 amide bonds. The summed E-state index contributed by atoms with van der Waals surface area (Å²) < 4.78 is 0. The van der Waals surface area contributed by atoms with Gasteiger partial charge in [0, 0.05) is 6.04 Å². The molecular formula is C8H17N. The fourth-order valence-corrected chi connectivity index (χ4v) is 0.728. The maximum absolute atomic E-state index is 5.63. The average Bonchev–Trinajstić information content (AvgIpc) is 1.87. The second kappa shape index (κ2) is 4.57. The van der Waals surface area contributed by atoms with Gasteiger partial charge in [-0.2, -0.15) is 0 Å². The number of rotatable bonds is 4. The second-order valence-electron chi connectivity index (χ2n) is 2.65. The summed E-state index contributed by atoms with van der Waals surface area (Å²) in [6.45, 7) is 8.02.